The summed E-state index contributed by atoms with van der Waals surface area (Å²) >= 11 is 1.56. The molecule has 5 heteroatoms. The van der Waals surface area contributed by atoms with Crippen LogP contribution in [0.1, 0.15) is 42.3 Å². The second kappa shape index (κ2) is 7.03. The fourth-order valence-corrected chi connectivity index (χ4v) is 3.75. The molecule has 1 fully saturated rings. The SMILES string of the molecule is NC1CCCC(C(=O)NC(c2ccccc2)c2nccs2)C1. The lowest BCUT2D eigenvalue weighted by molar-refractivity contribution is -0.126. The Morgan fingerprint density at radius 1 is 1.32 bits per heavy atom. The van der Waals surface area contributed by atoms with E-state index in [0.29, 0.717) is 0 Å². The van der Waals surface area contributed by atoms with Crippen LogP contribution in [-0.2, 0) is 4.79 Å². The number of nitrogens with one attached hydrogen (secondary N) is 1. The molecule has 1 aromatic heterocycles. The Bertz CT molecular complexity index is 600. The van der Waals surface area contributed by atoms with Crippen LogP contribution < -0.4 is 11.1 Å². The first-order valence-corrected chi connectivity index (χ1v) is 8.62. The van der Waals surface area contributed by atoms with Crippen molar-refractivity contribution < 1.29 is 4.79 Å². The molecule has 1 heterocycles. The second-order valence-corrected chi connectivity index (χ2v) is 6.77. The standard InChI is InChI=1S/C17H21N3OS/c18-14-8-4-7-13(11-14)16(21)20-15(17-19-9-10-22-17)12-5-2-1-3-6-12/h1-3,5-6,9-10,13-15H,4,7-8,11,18H2,(H,20,21). The molecule has 0 bridgehead atoms. The number of carbonyl (C=O) groups excluding carboxylic acids is 1. The van der Waals surface area contributed by atoms with Crippen LogP contribution in [0.2, 0.25) is 0 Å². The first-order chi connectivity index (χ1) is 10.7. The topological polar surface area (TPSA) is 68.0 Å². The molecule has 4 nitrogen and oxygen atoms in total. The van der Waals surface area contributed by atoms with Gasteiger partial charge in [-0.25, -0.2) is 4.98 Å². The Morgan fingerprint density at radius 2 is 2.14 bits per heavy atom. The Kier molecular flexibility index (Phi) is 4.85. The van der Waals surface area contributed by atoms with Crippen molar-refractivity contribution in [1.29, 1.82) is 0 Å². The van der Waals surface area contributed by atoms with Gasteiger partial charge in [0.1, 0.15) is 11.0 Å². The van der Waals surface area contributed by atoms with Gasteiger partial charge < -0.3 is 11.1 Å². The summed E-state index contributed by atoms with van der Waals surface area (Å²) in [6.07, 6.45) is 5.55. The van der Waals surface area contributed by atoms with Crippen molar-refractivity contribution in [2.75, 3.05) is 0 Å². The number of aromatic nitrogens is 1. The summed E-state index contributed by atoms with van der Waals surface area (Å²) in [6.45, 7) is 0. The van der Waals surface area contributed by atoms with Gasteiger partial charge >= 0.3 is 0 Å². The van der Waals surface area contributed by atoms with Gasteiger partial charge in [-0.1, -0.05) is 36.8 Å². The van der Waals surface area contributed by atoms with Crippen molar-refractivity contribution in [3.05, 3.63) is 52.5 Å². The van der Waals surface area contributed by atoms with E-state index >= 15 is 0 Å². The van der Waals surface area contributed by atoms with E-state index in [-0.39, 0.29) is 23.9 Å². The number of nitrogens with two attached hydrogens (primary N) is 1. The Labute approximate surface area is 134 Å². The van der Waals surface area contributed by atoms with E-state index in [2.05, 4.69) is 10.3 Å². The lowest BCUT2D eigenvalue weighted by Gasteiger charge is -2.27. The van der Waals surface area contributed by atoms with E-state index in [0.717, 1.165) is 36.3 Å². The van der Waals surface area contributed by atoms with Gasteiger partial charge in [0.05, 0.1) is 0 Å². The fourth-order valence-electron chi connectivity index (χ4n) is 3.04. The van der Waals surface area contributed by atoms with E-state index in [9.17, 15) is 4.79 Å². The van der Waals surface area contributed by atoms with Crippen molar-refractivity contribution in [3.8, 4) is 0 Å². The Hall–Kier alpha value is -1.72. The lowest BCUT2D eigenvalue weighted by Crippen LogP contribution is -2.39. The first kappa shape index (κ1) is 15.2. The third-order valence-electron chi connectivity index (χ3n) is 4.20. The van der Waals surface area contributed by atoms with Crippen LogP contribution in [-0.4, -0.2) is 16.9 Å². The predicted octanol–water partition coefficient (Wildman–Crippen LogP) is 2.87. The van der Waals surface area contributed by atoms with Crippen LogP contribution >= 0.6 is 11.3 Å². The molecule has 3 unspecified atom stereocenters. The highest BCUT2D eigenvalue weighted by molar-refractivity contribution is 7.09. The molecule has 0 radical (unpaired) electrons. The quantitative estimate of drug-likeness (QED) is 0.911. The maximum absolute atomic E-state index is 12.6. The number of thiazole rings is 1. The summed E-state index contributed by atoms with van der Waals surface area (Å²) in [6, 6.07) is 9.98. The summed E-state index contributed by atoms with van der Waals surface area (Å²) in [5, 5.41) is 6.03. The molecule has 3 rings (SSSR count). The van der Waals surface area contributed by atoms with Gasteiger partial charge in [0, 0.05) is 23.5 Å². The van der Waals surface area contributed by atoms with Gasteiger partial charge in [-0.05, 0) is 24.8 Å². The van der Waals surface area contributed by atoms with Crippen LogP contribution in [0.5, 0.6) is 0 Å². The van der Waals surface area contributed by atoms with Crippen LogP contribution in [0, 0.1) is 5.92 Å². The number of amides is 1. The van der Waals surface area contributed by atoms with E-state index in [1.807, 2.05) is 35.7 Å². The van der Waals surface area contributed by atoms with Crippen molar-refractivity contribution >= 4 is 17.2 Å². The predicted molar refractivity (Wildman–Crippen MR) is 88.5 cm³/mol. The van der Waals surface area contributed by atoms with Gasteiger partial charge in [0.25, 0.3) is 0 Å². The molecule has 1 amide bonds. The number of benzene rings is 1. The van der Waals surface area contributed by atoms with Crippen LogP contribution in [0.15, 0.2) is 41.9 Å². The minimum absolute atomic E-state index is 0.0231. The molecular weight excluding hydrogens is 294 g/mol. The van der Waals surface area contributed by atoms with Gasteiger partial charge in [0.2, 0.25) is 5.91 Å². The number of carbonyl (C=O) groups is 1. The zero-order chi connectivity index (χ0) is 15.4. The van der Waals surface area contributed by atoms with E-state index < -0.39 is 0 Å². The highest BCUT2D eigenvalue weighted by Crippen LogP contribution is 2.27. The van der Waals surface area contributed by atoms with Crippen LogP contribution in [0.4, 0.5) is 0 Å². The maximum atomic E-state index is 12.6. The molecular formula is C17H21N3OS. The fraction of sp³-hybridized carbons (Fsp3) is 0.412. The molecule has 2 aromatic rings. The van der Waals surface area contributed by atoms with E-state index in [4.69, 9.17) is 5.73 Å². The van der Waals surface area contributed by atoms with Gasteiger partial charge in [-0.2, -0.15) is 0 Å². The van der Waals surface area contributed by atoms with Gasteiger partial charge in [-0.3, -0.25) is 4.79 Å². The normalized spacial score (nSPS) is 23.0. The molecule has 0 spiro atoms. The third kappa shape index (κ3) is 3.54. The molecule has 1 aliphatic carbocycles. The Morgan fingerprint density at radius 3 is 2.82 bits per heavy atom. The van der Waals surface area contributed by atoms with Crippen molar-refractivity contribution in [2.24, 2.45) is 11.7 Å². The summed E-state index contributed by atoms with van der Waals surface area (Å²) in [4.78, 5) is 17.0. The molecule has 1 aliphatic rings. The summed E-state index contributed by atoms with van der Waals surface area (Å²) in [5.74, 6) is 0.120. The van der Waals surface area contributed by atoms with E-state index in [1.54, 1.807) is 17.5 Å². The molecule has 3 atom stereocenters. The zero-order valence-corrected chi connectivity index (χ0v) is 13.3. The minimum Gasteiger partial charge on any atom is -0.342 e. The number of hydrogen-bond donors (Lipinski definition) is 2. The average Bonchev–Trinajstić information content (AvgIpc) is 3.07. The average molecular weight is 315 g/mol. The smallest absolute Gasteiger partial charge is 0.223 e. The molecule has 1 aromatic carbocycles. The first-order valence-electron chi connectivity index (χ1n) is 7.74. The molecule has 3 N–H and O–H groups in total. The number of rotatable bonds is 4. The van der Waals surface area contributed by atoms with E-state index in [1.165, 1.54) is 0 Å². The number of nitrogens with zero attached hydrogens (tertiary/aromatic N) is 1. The highest BCUT2D eigenvalue weighted by Gasteiger charge is 2.28. The summed E-state index contributed by atoms with van der Waals surface area (Å²) < 4.78 is 0. The monoisotopic (exact) mass is 315 g/mol. The molecule has 0 saturated heterocycles. The Balaban J connectivity index is 1.77. The van der Waals surface area contributed by atoms with Crippen LogP contribution in [0.3, 0.4) is 0 Å². The molecule has 116 valence electrons. The second-order valence-electron chi connectivity index (χ2n) is 5.85. The molecule has 22 heavy (non-hydrogen) atoms. The van der Waals surface area contributed by atoms with Crippen molar-refractivity contribution in [3.63, 3.8) is 0 Å². The zero-order valence-electron chi connectivity index (χ0n) is 12.4. The molecule has 1 saturated carbocycles. The highest BCUT2D eigenvalue weighted by atomic mass is 32.1. The van der Waals surface area contributed by atoms with Gasteiger partial charge in [-0.15, -0.1) is 11.3 Å². The lowest BCUT2D eigenvalue weighted by atomic mass is 9.85. The molecule has 0 aliphatic heterocycles. The summed E-state index contributed by atoms with van der Waals surface area (Å²) in [7, 11) is 0. The number of hydrogen-bond acceptors (Lipinski definition) is 4. The third-order valence-corrected chi connectivity index (χ3v) is 5.04. The van der Waals surface area contributed by atoms with Crippen molar-refractivity contribution in [2.45, 2.75) is 37.8 Å². The van der Waals surface area contributed by atoms with Gasteiger partial charge in [0.15, 0.2) is 0 Å². The maximum Gasteiger partial charge on any atom is 0.223 e. The van der Waals surface area contributed by atoms with Crippen LogP contribution in [0.25, 0.3) is 0 Å². The largest absolute Gasteiger partial charge is 0.342 e. The minimum atomic E-state index is -0.174. The summed E-state index contributed by atoms with van der Waals surface area (Å²) in [5.41, 5.74) is 7.07. The van der Waals surface area contributed by atoms with Crippen molar-refractivity contribution in [1.82, 2.24) is 10.3 Å².